The summed E-state index contributed by atoms with van der Waals surface area (Å²) in [5.74, 6) is -7.18. The predicted molar refractivity (Wildman–Crippen MR) is 173 cm³/mol. The van der Waals surface area contributed by atoms with Crippen LogP contribution in [0.5, 0.6) is 0 Å². The summed E-state index contributed by atoms with van der Waals surface area (Å²) in [5, 5.41) is 139. The maximum Gasteiger partial charge on any atom is 0.364 e. The van der Waals surface area contributed by atoms with E-state index in [0.717, 1.165) is 13.8 Å². The van der Waals surface area contributed by atoms with E-state index in [2.05, 4.69) is 5.32 Å². The number of Topliss-reactive ketones (excluding diaryl/α,β-unsaturated/α-hetero) is 1. The smallest absolute Gasteiger partial charge is 0.364 e. The number of nitrogens with two attached hydrogens (primary N) is 1. The molecule has 0 radical (unpaired) electrons. The number of aliphatic hydroxyl groups is 12. The maximum absolute atomic E-state index is 12.9. The Morgan fingerprint density at radius 3 is 1.93 bits per heavy atom. The van der Waals surface area contributed by atoms with Crippen molar-refractivity contribution in [2.45, 2.75) is 155 Å². The first-order chi connectivity index (χ1) is 26.1. The van der Waals surface area contributed by atoms with Gasteiger partial charge in [0.05, 0.1) is 32.0 Å². The molecule has 4 rings (SSSR count). The van der Waals surface area contributed by atoms with Gasteiger partial charge in [0.25, 0.3) is 5.79 Å². The van der Waals surface area contributed by atoms with E-state index in [-0.39, 0.29) is 0 Å². The van der Waals surface area contributed by atoms with Gasteiger partial charge in [0.2, 0.25) is 5.91 Å². The Hall–Kier alpha value is -2.19. The van der Waals surface area contributed by atoms with Crippen molar-refractivity contribution in [2.75, 3.05) is 19.8 Å². The van der Waals surface area contributed by atoms with E-state index >= 15 is 0 Å². The van der Waals surface area contributed by atoms with E-state index in [1.165, 1.54) is 6.92 Å². The maximum atomic E-state index is 12.9. The highest BCUT2D eigenvalue weighted by molar-refractivity contribution is 5.88. The minimum absolute atomic E-state index is 0.801. The highest BCUT2D eigenvalue weighted by Crippen LogP contribution is 2.41. The molecule has 324 valence electrons. The first kappa shape index (κ1) is 46.5. The standard InChI is InChI=1S/C31H52N2O23/c1-8-16(41)19(44)20(45)27(50-8)53-22-13(7-36)51-26(47)15(33-10(3)38)23(22)54-28-21(46)24(18(43)12(6-35)52-28)55-30(29(48)49)4-14(40)31(32,9(2)37)25(56-30)17(42)11(39)5-34/h8,11-28,34-36,39-47H,4-7,32H2,1-3H3,(H,33,38)(H,48,49)/t8-,11?,12+,13+,14-,15+,16+,17?,18-,19+,20-,21+,22+,23+,24-,25-,26?,27?,28?,30?,31+/m0/s1. The second-order valence-electron chi connectivity index (χ2n) is 14.2. The Labute approximate surface area is 317 Å². The number of rotatable bonds is 14. The van der Waals surface area contributed by atoms with Gasteiger partial charge in [0.1, 0.15) is 90.9 Å². The first-order valence-corrected chi connectivity index (χ1v) is 17.5. The number of aliphatic carboxylic acids is 1. The lowest BCUT2D eigenvalue weighted by atomic mass is 9.74. The molecule has 0 aromatic heterocycles. The van der Waals surface area contributed by atoms with Gasteiger partial charge in [0, 0.05) is 13.3 Å². The van der Waals surface area contributed by atoms with Gasteiger partial charge in [-0.2, -0.15) is 0 Å². The van der Waals surface area contributed by atoms with Gasteiger partial charge in [0.15, 0.2) is 24.7 Å². The molecule has 25 nitrogen and oxygen atoms in total. The molecule has 0 aromatic carbocycles. The van der Waals surface area contributed by atoms with Crippen LogP contribution in [0.2, 0.25) is 0 Å². The third-order valence-electron chi connectivity index (χ3n) is 10.4. The molecule has 0 aromatic rings. The van der Waals surface area contributed by atoms with Crippen LogP contribution < -0.4 is 11.1 Å². The summed E-state index contributed by atoms with van der Waals surface area (Å²) in [6.07, 6.45) is -36.5. The number of carboxylic acids is 1. The Morgan fingerprint density at radius 1 is 0.804 bits per heavy atom. The molecular weight excluding hydrogens is 768 g/mol. The largest absolute Gasteiger partial charge is 0.477 e. The molecule has 4 heterocycles. The molecule has 56 heavy (non-hydrogen) atoms. The molecule has 0 aliphatic carbocycles. The van der Waals surface area contributed by atoms with E-state index in [1.807, 2.05) is 0 Å². The number of hydrogen-bond donors (Lipinski definition) is 15. The molecule has 1 amide bonds. The molecule has 4 saturated heterocycles. The molecule has 6 unspecified atom stereocenters. The van der Waals surface area contributed by atoms with Gasteiger partial charge in [-0.1, -0.05) is 0 Å². The fourth-order valence-corrected chi connectivity index (χ4v) is 7.07. The van der Waals surface area contributed by atoms with Gasteiger partial charge >= 0.3 is 5.97 Å². The average Bonchev–Trinajstić information content (AvgIpc) is 3.14. The normalized spacial score (nSPS) is 47.1. The van der Waals surface area contributed by atoms with Crippen LogP contribution in [0.25, 0.3) is 0 Å². The summed E-state index contributed by atoms with van der Waals surface area (Å²) >= 11 is 0. The Balaban J connectivity index is 1.74. The summed E-state index contributed by atoms with van der Waals surface area (Å²) in [4.78, 5) is 37.8. The molecule has 4 aliphatic rings. The number of carbonyl (C=O) groups excluding carboxylic acids is 2. The van der Waals surface area contributed by atoms with Crippen molar-refractivity contribution < 1.29 is 114 Å². The topological polar surface area (TPSA) is 417 Å². The zero-order chi connectivity index (χ0) is 42.2. The molecule has 0 bridgehead atoms. The van der Waals surface area contributed by atoms with Crippen molar-refractivity contribution in [2.24, 2.45) is 5.73 Å². The second-order valence-corrected chi connectivity index (χ2v) is 14.2. The molecule has 21 atom stereocenters. The van der Waals surface area contributed by atoms with Gasteiger partial charge < -0.3 is 111 Å². The lowest BCUT2D eigenvalue weighted by Gasteiger charge is -2.53. The number of carbonyl (C=O) groups is 3. The monoisotopic (exact) mass is 820 g/mol. The van der Waals surface area contributed by atoms with Crippen LogP contribution in [-0.4, -0.2) is 232 Å². The molecule has 0 saturated carbocycles. The summed E-state index contributed by atoms with van der Waals surface area (Å²) < 4.78 is 39.5. The van der Waals surface area contributed by atoms with Crippen molar-refractivity contribution in [3.63, 3.8) is 0 Å². The minimum Gasteiger partial charge on any atom is -0.477 e. The molecular formula is C31H52N2O23. The summed E-state index contributed by atoms with van der Waals surface area (Å²) in [7, 11) is 0. The van der Waals surface area contributed by atoms with E-state index < -0.39 is 172 Å². The lowest BCUT2D eigenvalue weighted by molar-refractivity contribution is -0.390. The lowest BCUT2D eigenvalue weighted by Crippen LogP contribution is -2.77. The number of ether oxygens (including phenoxy) is 7. The number of carboxylic acid groups (broad SMARTS) is 1. The number of amides is 1. The zero-order valence-electron chi connectivity index (χ0n) is 30.3. The SMILES string of the molecule is CC(=O)N[C@H]1C(O)O[C@H](CO)[C@@H](OC2O[C@@H](C)[C@@H](O)[C@@H](O)[C@@H]2O)[C@@H]1OC1O[C@H](CO)[C@H](O)[C@H](OC2(C(=O)O)C[C@H](O)[C@](N)(C(C)=O)[C@H](C(O)C(O)CO)O2)[C@H]1O. The van der Waals surface area contributed by atoms with Crippen molar-refractivity contribution in [3.05, 3.63) is 0 Å². The molecule has 0 spiro atoms. The number of hydrogen-bond acceptors (Lipinski definition) is 23. The van der Waals surface area contributed by atoms with Crippen molar-refractivity contribution in [1.82, 2.24) is 5.32 Å². The van der Waals surface area contributed by atoms with Crippen LogP contribution in [-0.2, 0) is 47.5 Å². The van der Waals surface area contributed by atoms with Crippen LogP contribution in [0.15, 0.2) is 0 Å². The Kier molecular flexibility index (Phi) is 15.3. The van der Waals surface area contributed by atoms with Crippen molar-refractivity contribution in [1.29, 1.82) is 0 Å². The van der Waals surface area contributed by atoms with E-state index in [9.17, 15) is 80.8 Å². The predicted octanol–water partition coefficient (Wildman–Crippen LogP) is -9.45. The highest BCUT2D eigenvalue weighted by atomic mass is 16.8. The van der Waals surface area contributed by atoms with Crippen LogP contribution in [0.3, 0.4) is 0 Å². The second kappa shape index (κ2) is 18.4. The minimum atomic E-state index is -3.23. The molecule has 4 aliphatic heterocycles. The number of nitrogens with one attached hydrogen (secondary N) is 1. The summed E-state index contributed by atoms with van der Waals surface area (Å²) in [5.41, 5.74) is 3.50. The molecule has 4 fully saturated rings. The van der Waals surface area contributed by atoms with Crippen molar-refractivity contribution >= 4 is 17.7 Å². The van der Waals surface area contributed by atoms with Gasteiger partial charge in [-0.15, -0.1) is 0 Å². The number of ketones is 1. The van der Waals surface area contributed by atoms with Crippen LogP contribution in [0, 0.1) is 0 Å². The Morgan fingerprint density at radius 2 is 1.39 bits per heavy atom. The zero-order valence-corrected chi connectivity index (χ0v) is 30.3. The third kappa shape index (κ3) is 8.87. The van der Waals surface area contributed by atoms with Gasteiger partial charge in [-0.25, -0.2) is 4.79 Å². The molecule has 25 heteroatoms. The van der Waals surface area contributed by atoms with Gasteiger partial charge in [-0.05, 0) is 13.8 Å². The van der Waals surface area contributed by atoms with E-state index in [4.69, 9.17) is 38.9 Å². The summed E-state index contributed by atoms with van der Waals surface area (Å²) in [6.45, 7) is 0.0236. The van der Waals surface area contributed by atoms with Crippen molar-refractivity contribution in [3.8, 4) is 0 Å². The third-order valence-corrected chi connectivity index (χ3v) is 10.4. The Bertz CT molecular complexity index is 1370. The van der Waals surface area contributed by atoms with Gasteiger partial charge in [-0.3, -0.25) is 9.59 Å². The van der Waals surface area contributed by atoms with E-state index in [1.54, 1.807) is 0 Å². The number of aliphatic hydroxyl groups excluding tert-OH is 12. The molecule has 16 N–H and O–H groups in total. The van der Waals surface area contributed by atoms with E-state index in [0.29, 0.717) is 0 Å². The quantitative estimate of drug-likeness (QED) is 0.0773. The average molecular weight is 821 g/mol. The first-order valence-electron chi connectivity index (χ1n) is 17.5. The van der Waals surface area contributed by atoms with Crippen LogP contribution in [0.1, 0.15) is 27.2 Å². The van der Waals surface area contributed by atoms with Crippen LogP contribution >= 0.6 is 0 Å². The highest BCUT2D eigenvalue weighted by Gasteiger charge is 2.65. The fraction of sp³-hybridized carbons (Fsp3) is 0.903. The fourth-order valence-electron chi connectivity index (χ4n) is 7.07. The van der Waals surface area contributed by atoms with Crippen LogP contribution in [0.4, 0.5) is 0 Å². The summed E-state index contributed by atoms with van der Waals surface area (Å²) in [6, 6.07) is -1.68.